The second kappa shape index (κ2) is 9.80. The highest BCUT2D eigenvalue weighted by molar-refractivity contribution is 8.27. The second-order valence-electron chi connectivity index (χ2n) is 6.75. The van der Waals surface area contributed by atoms with Crippen LogP contribution in [0, 0.1) is 0 Å². The Morgan fingerprint density at radius 1 is 1.00 bits per heavy atom. The van der Waals surface area contributed by atoms with Crippen LogP contribution < -0.4 is 14.4 Å². The normalized spacial score (nSPS) is 14.7. The van der Waals surface area contributed by atoms with E-state index in [0.29, 0.717) is 32.9 Å². The molecule has 1 saturated heterocycles. The molecule has 32 heavy (non-hydrogen) atoms. The maximum Gasteiger partial charge on any atom is 0.343 e. The summed E-state index contributed by atoms with van der Waals surface area (Å²) in [7, 11) is 0. The standard InChI is InChI=1S/C25H19NO4S2/c1-2-29-21-15-17(13-14-20(21)30-24(28)18-9-5-3-6-10-18)16-22-23(27)26(25(31)32-22)19-11-7-4-8-12-19/h3-16H,2H2,1H3. The minimum Gasteiger partial charge on any atom is -0.490 e. The molecule has 1 heterocycles. The molecule has 0 saturated carbocycles. The highest BCUT2D eigenvalue weighted by Gasteiger charge is 2.33. The summed E-state index contributed by atoms with van der Waals surface area (Å²) in [6, 6.07) is 23.2. The zero-order valence-electron chi connectivity index (χ0n) is 17.2. The number of amides is 1. The van der Waals surface area contributed by atoms with Gasteiger partial charge in [-0.1, -0.05) is 66.4 Å². The van der Waals surface area contributed by atoms with Crippen LogP contribution in [-0.4, -0.2) is 22.8 Å². The number of carbonyl (C=O) groups excluding carboxylic acids is 2. The fraction of sp³-hybridized carbons (Fsp3) is 0.0800. The number of anilines is 1. The van der Waals surface area contributed by atoms with Crippen molar-refractivity contribution in [3.8, 4) is 11.5 Å². The molecular formula is C25H19NO4S2. The molecule has 0 atom stereocenters. The smallest absolute Gasteiger partial charge is 0.343 e. The van der Waals surface area contributed by atoms with Crippen molar-refractivity contribution in [3.63, 3.8) is 0 Å². The molecule has 0 aromatic heterocycles. The van der Waals surface area contributed by atoms with Crippen LogP contribution >= 0.6 is 24.0 Å². The van der Waals surface area contributed by atoms with Crippen LogP contribution in [0.15, 0.2) is 83.8 Å². The summed E-state index contributed by atoms with van der Waals surface area (Å²) in [5.74, 6) is 0.0885. The van der Waals surface area contributed by atoms with Gasteiger partial charge >= 0.3 is 5.97 Å². The van der Waals surface area contributed by atoms with Crippen LogP contribution in [0.4, 0.5) is 5.69 Å². The van der Waals surface area contributed by atoms with Gasteiger partial charge in [0.25, 0.3) is 5.91 Å². The quantitative estimate of drug-likeness (QED) is 0.203. The van der Waals surface area contributed by atoms with Crippen molar-refractivity contribution in [2.24, 2.45) is 0 Å². The number of hydrogen-bond donors (Lipinski definition) is 0. The fourth-order valence-electron chi connectivity index (χ4n) is 3.12. The molecule has 1 aliphatic rings. The fourth-order valence-corrected chi connectivity index (χ4v) is 4.42. The Kier molecular flexibility index (Phi) is 6.68. The van der Waals surface area contributed by atoms with E-state index in [-0.39, 0.29) is 5.91 Å². The van der Waals surface area contributed by atoms with Gasteiger partial charge in [-0.2, -0.15) is 0 Å². The Balaban J connectivity index is 1.58. The lowest BCUT2D eigenvalue weighted by molar-refractivity contribution is -0.113. The number of para-hydroxylation sites is 1. The largest absolute Gasteiger partial charge is 0.490 e. The summed E-state index contributed by atoms with van der Waals surface area (Å²) in [6.07, 6.45) is 1.76. The van der Waals surface area contributed by atoms with Gasteiger partial charge < -0.3 is 9.47 Å². The number of nitrogens with zero attached hydrogens (tertiary/aromatic N) is 1. The molecule has 5 nitrogen and oxygen atoms in total. The number of thioether (sulfide) groups is 1. The van der Waals surface area contributed by atoms with Gasteiger partial charge in [0.2, 0.25) is 0 Å². The third-order valence-electron chi connectivity index (χ3n) is 4.59. The number of thiocarbonyl (C=S) groups is 1. The number of ether oxygens (including phenoxy) is 2. The van der Waals surface area contributed by atoms with Crippen LogP contribution in [0.1, 0.15) is 22.8 Å². The van der Waals surface area contributed by atoms with Gasteiger partial charge in [-0.25, -0.2) is 4.79 Å². The first-order valence-electron chi connectivity index (χ1n) is 9.94. The van der Waals surface area contributed by atoms with E-state index in [1.165, 1.54) is 16.7 Å². The number of hydrogen-bond acceptors (Lipinski definition) is 6. The summed E-state index contributed by atoms with van der Waals surface area (Å²) in [5, 5.41) is 0. The van der Waals surface area contributed by atoms with E-state index in [1.807, 2.05) is 43.3 Å². The van der Waals surface area contributed by atoms with Gasteiger partial charge in [0.05, 0.1) is 22.8 Å². The van der Waals surface area contributed by atoms with E-state index in [1.54, 1.807) is 48.5 Å². The first-order chi connectivity index (χ1) is 15.6. The van der Waals surface area contributed by atoms with Crippen molar-refractivity contribution in [2.45, 2.75) is 6.92 Å². The lowest BCUT2D eigenvalue weighted by Crippen LogP contribution is -2.27. The summed E-state index contributed by atoms with van der Waals surface area (Å²) in [6.45, 7) is 2.25. The van der Waals surface area contributed by atoms with Crippen LogP contribution in [0.3, 0.4) is 0 Å². The van der Waals surface area contributed by atoms with Crippen LogP contribution in [0.2, 0.25) is 0 Å². The van der Waals surface area contributed by atoms with Crippen molar-refractivity contribution >= 4 is 51.9 Å². The average molecular weight is 462 g/mol. The number of carbonyl (C=O) groups is 2. The van der Waals surface area contributed by atoms with Gasteiger partial charge in [-0.15, -0.1) is 0 Å². The third kappa shape index (κ3) is 4.74. The molecule has 160 valence electrons. The van der Waals surface area contributed by atoms with Gasteiger partial charge in [0.1, 0.15) is 0 Å². The first-order valence-corrected chi connectivity index (χ1v) is 11.2. The van der Waals surface area contributed by atoms with Gasteiger partial charge in [-0.3, -0.25) is 9.69 Å². The Morgan fingerprint density at radius 2 is 1.69 bits per heavy atom. The summed E-state index contributed by atoms with van der Waals surface area (Å²) in [5.41, 5.74) is 1.92. The second-order valence-corrected chi connectivity index (χ2v) is 8.42. The molecule has 1 fully saturated rings. The molecule has 0 radical (unpaired) electrons. The average Bonchev–Trinajstić information content (AvgIpc) is 3.09. The van der Waals surface area contributed by atoms with Crippen molar-refractivity contribution in [1.29, 1.82) is 0 Å². The van der Waals surface area contributed by atoms with E-state index < -0.39 is 5.97 Å². The first kappa shape index (κ1) is 21.8. The molecular weight excluding hydrogens is 442 g/mol. The zero-order chi connectivity index (χ0) is 22.5. The molecule has 0 spiro atoms. The van der Waals surface area contributed by atoms with E-state index in [9.17, 15) is 9.59 Å². The molecule has 3 aromatic carbocycles. The summed E-state index contributed by atoms with van der Waals surface area (Å²) in [4.78, 5) is 27.4. The van der Waals surface area contributed by atoms with Crippen molar-refractivity contribution in [1.82, 2.24) is 0 Å². The maximum atomic E-state index is 12.9. The number of rotatable bonds is 6. The molecule has 0 N–H and O–H groups in total. The lowest BCUT2D eigenvalue weighted by atomic mass is 10.1. The lowest BCUT2D eigenvalue weighted by Gasteiger charge is -2.14. The summed E-state index contributed by atoms with van der Waals surface area (Å²) < 4.78 is 11.7. The van der Waals surface area contributed by atoms with Gasteiger partial charge in [0.15, 0.2) is 15.8 Å². The van der Waals surface area contributed by atoms with Gasteiger partial charge in [0, 0.05) is 0 Å². The molecule has 3 aromatic rings. The maximum absolute atomic E-state index is 12.9. The molecule has 1 amide bonds. The highest BCUT2D eigenvalue weighted by Crippen LogP contribution is 2.37. The predicted octanol–water partition coefficient (Wildman–Crippen LogP) is 5.71. The molecule has 4 rings (SSSR count). The minimum atomic E-state index is -0.469. The zero-order valence-corrected chi connectivity index (χ0v) is 18.8. The van der Waals surface area contributed by atoms with E-state index in [0.717, 1.165) is 11.3 Å². The number of benzene rings is 3. The summed E-state index contributed by atoms with van der Waals surface area (Å²) >= 11 is 6.67. The molecule has 0 aliphatic carbocycles. The van der Waals surface area contributed by atoms with Crippen molar-refractivity contribution < 1.29 is 19.1 Å². The molecule has 0 unspecified atom stereocenters. The van der Waals surface area contributed by atoms with E-state index in [2.05, 4.69) is 0 Å². The van der Waals surface area contributed by atoms with E-state index in [4.69, 9.17) is 21.7 Å². The van der Waals surface area contributed by atoms with Gasteiger partial charge in [-0.05, 0) is 55.0 Å². The monoisotopic (exact) mass is 461 g/mol. The van der Waals surface area contributed by atoms with Crippen LogP contribution in [0.25, 0.3) is 6.08 Å². The third-order valence-corrected chi connectivity index (χ3v) is 5.89. The molecule has 0 bridgehead atoms. The van der Waals surface area contributed by atoms with Crippen molar-refractivity contribution in [3.05, 3.63) is 94.9 Å². The van der Waals surface area contributed by atoms with Crippen LogP contribution in [-0.2, 0) is 4.79 Å². The van der Waals surface area contributed by atoms with Crippen LogP contribution in [0.5, 0.6) is 11.5 Å². The highest BCUT2D eigenvalue weighted by atomic mass is 32.2. The topological polar surface area (TPSA) is 55.8 Å². The Labute approximate surface area is 195 Å². The Bertz CT molecular complexity index is 1190. The predicted molar refractivity (Wildman–Crippen MR) is 131 cm³/mol. The van der Waals surface area contributed by atoms with Crippen molar-refractivity contribution in [2.75, 3.05) is 11.5 Å². The molecule has 1 aliphatic heterocycles. The van der Waals surface area contributed by atoms with E-state index >= 15 is 0 Å². The SMILES string of the molecule is CCOc1cc(C=C2SC(=S)N(c3ccccc3)C2=O)ccc1OC(=O)c1ccccc1. The molecule has 7 heteroatoms. The number of esters is 1. The Hall–Kier alpha value is -3.42. The Morgan fingerprint density at radius 3 is 2.38 bits per heavy atom. The minimum absolute atomic E-state index is 0.177.